The summed E-state index contributed by atoms with van der Waals surface area (Å²) in [6.45, 7) is 2.57. The minimum absolute atomic E-state index is 0.0895. The molecule has 124 valence electrons. The maximum Gasteiger partial charge on any atom is 0.114 e. The fraction of sp³-hybridized carbons (Fsp3) is 0.875. The molecule has 0 aromatic rings. The van der Waals surface area contributed by atoms with E-state index in [9.17, 15) is 15.3 Å². The highest BCUT2D eigenvalue weighted by Crippen LogP contribution is 2.19. The summed E-state index contributed by atoms with van der Waals surface area (Å²) < 4.78 is 10.8. The summed E-state index contributed by atoms with van der Waals surface area (Å²) in [6, 6.07) is 0. The summed E-state index contributed by atoms with van der Waals surface area (Å²) in [5.74, 6) is 0. The molecule has 21 heavy (non-hydrogen) atoms. The number of hydrogen-bond donors (Lipinski definition) is 3. The number of hydrogen-bond acceptors (Lipinski definition) is 5. The van der Waals surface area contributed by atoms with Crippen LogP contribution in [0.15, 0.2) is 12.2 Å². The van der Waals surface area contributed by atoms with Crippen LogP contribution < -0.4 is 0 Å². The molecule has 1 heterocycles. The maximum atomic E-state index is 9.73. The van der Waals surface area contributed by atoms with Crippen molar-refractivity contribution in [1.29, 1.82) is 0 Å². The van der Waals surface area contributed by atoms with Gasteiger partial charge in [-0.3, -0.25) is 0 Å². The molecule has 0 aromatic carbocycles. The average molecular weight is 302 g/mol. The molecule has 0 bridgehead atoms. The van der Waals surface area contributed by atoms with Crippen LogP contribution in [0.1, 0.15) is 45.4 Å². The van der Waals surface area contributed by atoms with Gasteiger partial charge in [-0.15, -0.1) is 0 Å². The minimum atomic E-state index is -0.986. The summed E-state index contributed by atoms with van der Waals surface area (Å²) in [7, 11) is 0. The summed E-state index contributed by atoms with van der Waals surface area (Å²) >= 11 is 0. The summed E-state index contributed by atoms with van der Waals surface area (Å²) in [5, 5.41) is 28.4. The zero-order valence-corrected chi connectivity index (χ0v) is 13.0. The van der Waals surface area contributed by atoms with E-state index in [2.05, 4.69) is 19.1 Å². The monoisotopic (exact) mass is 302 g/mol. The molecule has 0 aliphatic carbocycles. The van der Waals surface area contributed by atoms with Crippen LogP contribution >= 0.6 is 0 Å². The molecule has 0 unspecified atom stereocenters. The second-order valence-corrected chi connectivity index (χ2v) is 5.56. The quantitative estimate of drug-likeness (QED) is 0.397. The molecule has 1 saturated heterocycles. The lowest BCUT2D eigenvalue weighted by molar-refractivity contribution is -0.101. The van der Waals surface area contributed by atoms with Gasteiger partial charge >= 0.3 is 0 Å². The molecule has 1 aliphatic rings. The molecule has 4 atom stereocenters. The molecule has 0 aromatic heterocycles. The topological polar surface area (TPSA) is 79.2 Å². The summed E-state index contributed by atoms with van der Waals surface area (Å²) in [6.07, 6.45) is 7.99. The average Bonchev–Trinajstić information content (AvgIpc) is 2.82. The van der Waals surface area contributed by atoms with E-state index in [0.717, 1.165) is 19.3 Å². The predicted molar refractivity (Wildman–Crippen MR) is 81.1 cm³/mol. The molecule has 0 spiro atoms. The van der Waals surface area contributed by atoms with Crippen LogP contribution in [0.4, 0.5) is 0 Å². The van der Waals surface area contributed by atoms with Gasteiger partial charge in [0.2, 0.25) is 0 Å². The highest BCUT2D eigenvalue weighted by atomic mass is 16.6. The Morgan fingerprint density at radius 3 is 2.48 bits per heavy atom. The van der Waals surface area contributed by atoms with Crippen molar-refractivity contribution in [2.75, 3.05) is 19.8 Å². The molecule has 0 amide bonds. The lowest BCUT2D eigenvalue weighted by Crippen LogP contribution is -2.42. The molecule has 5 nitrogen and oxygen atoms in total. The molecular formula is C16H30O5. The highest BCUT2D eigenvalue weighted by Gasteiger charge is 2.40. The van der Waals surface area contributed by atoms with E-state index in [1.807, 2.05) is 0 Å². The molecule has 1 rings (SSSR count). The molecule has 0 radical (unpaired) electrons. The first-order chi connectivity index (χ1) is 10.2. The van der Waals surface area contributed by atoms with Crippen molar-refractivity contribution in [3.63, 3.8) is 0 Å². The van der Waals surface area contributed by atoms with Crippen LogP contribution in [0.3, 0.4) is 0 Å². The number of aliphatic hydroxyl groups excluding tert-OH is 3. The largest absolute Gasteiger partial charge is 0.394 e. The molecular weight excluding hydrogens is 272 g/mol. The van der Waals surface area contributed by atoms with Crippen LogP contribution in [0.25, 0.3) is 0 Å². The highest BCUT2D eigenvalue weighted by molar-refractivity contribution is 4.88. The van der Waals surface area contributed by atoms with Crippen LogP contribution in [0.5, 0.6) is 0 Å². The third kappa shape index (κ3) is 6.89. The van der Waals surface area contributed by atoms with Crippen LogP contribution in [0, 0.1) is 0 Å². The Morgan fingerprint density at radius 2 is 1.90 bits per heavy atom. The Labute approximate surface area is 127 Å². The van der Waals surface area contributed by atoms with Crippen molar-refractivity contribution < 1.29 is 24.8 Å². The van der Waals surface area contributed by atoms with Crippen molar-refractivity contribution in [2.24, 2.45) is 0 Å². The van der Waals surface area contributed by atoms with E-state index in [0.29, 0.717) is 6.61 Å². The zero-order chi connectivity index (χ0) is 15.5. The first kappa shape index (κ1) is 18.6. The van der Waals surface area contributed by atoms with Crippen LogP contribution in [-0.4, -0.2) is 59.6 Å². The first-order valence-electron chi connectivity index (χ1n) is 8.05. The lowest BCUT2D eigenvalue weighted by Gasteiger charge is -2.24. The van der Waals surface area contributed by atoms with Crippen LogP contribution in [-0.2, 0) is 9.47 Å². The van der Waals surface area contributed by atoms with Gasteiger partial charge in [-0.1, -0.05) is 31.9 Å². The number of ether oxygens (including phenoxy) is 2. The van der Waals surface area contributed by atoms with Gasteiger partial charge in [-0.05, 0) is 25.7 Å². The van der Waals surface area contributed by atoms with E-state index >= 15 is 0 Å². The van der Waals surface area contributed by atoms with Gasteiger partial charge < -0.3 is 24.8 Å². The molecule has 1 aliphatic heterocycles. The SMILES string of the molecule is CCCCC/C=C/CCCO[C@@H](CO)[C@@H]1OC[C@@H](O)[C@@H]1O. The molecule has 3 N–H and O–H groups in total. The maximum absolute atomic E-state index is 9.73. The molecule has 0 saturated carbocycles. The van der Waals surface area contributed by atoms with Gasteiger partial charge in [0.05, 0.1) is 13.2 Å². The summed E-state index contributed by atoms with van der Waals surface area (Å²) in [5.41, 5.74) is 0. The van der Waals surface area contributed by atoms with Crippen molar-refractivity contribution in [2.45, 2.75) is 69.9 Å². The Balaban J connectivity index is 2.10. The Bertz CT molecular complexity index is 282. The van der Waals surface area contributed by atoms with Gasteiger partial charge in [0, 0.05) is 6.61 Å². The number of unbranched alkanes of at least 4 members (excludes halogenated alkanes) is 4. The molecule has 1 fully saturated rings. The molecule has 5 heteroatoms. The van der Waals surface area contributed by atoms with Crippen molar-refractivity contribution in [1.82, 2.24) is 0 Å². The number of aliphatic hydroxyl groups is 3. The first-order valence-corrected chi connectivity index (χ1v) is 8.05. The van der Waals surface area contributed by atoms with Crippen molar-refractivity contribution in [3.05, 3.63) is 12.2 Å². The minimum Gasteiger partial charge on any atom is -0.394 e. The second-order valence-electron chi connectivity index (χ2n) is 5.56. The fourth-order valence-electron chi connectivity index (χ4n) is 2.39. The number of rotatable bonds is 11. The second kappa shape index (κ2) is 11.2. The van der Waals surface area contributed by atoms with E-state index in [4.69, 9.17) is 9.47 Å². The van der Waals surface area contributed by atoms with Gasteiger partial charge in [0.25, 0.3) is 0 Å². The Hall–Kier alpha value is -0.460. The third-order valence-corrected chi connectivity index (χ3v) is 3.72. The lowest BCUT2D eigenvalue weighted by atomic mass is 10.1. The van der Waals surface area contributed by atoms with Gasteiger partial charge in [0.1, 0.15) is 24.4 Å². The Kier molecular flexibility index (Phi) is 9.87. The fourth-order valence-corrected chi connectivity index (χ4v) is 2.39. The van der Waals surface area contributed by atoms with E-state index in [1.165, 1.54) is 19.3 Å². The number of allylic oxidation sites excluding steroid dienone is 2. The van der Waals surface area contributed by atoms with Crippen LogP contribution in [0.2, 0.25) is 0 Å². The van der Waals surface area contributed by atoms with Crippen molar-refractivity contribution >= 4 is 0 Å². The normalized spacial score (nSPS) is 27.5. The van der Waals surface area contributed by atoms with Gasteiger partial charge in [0.15, 0.2) is 0 Å². The van der Waals surface area contributed by atoms with E-state index in [-0.39, 0.29) is 13.2 Å². The Morgan fingerprint density at radius 1 is 1.19 bits per heavy atom. The smallest absolute Gasteiger partial charge is 0.114 e. The van der Waals surface area contributed by atoms with Gasteiger partial charge in [-0.25, -0.2) is 0 Å². The standard InChI is InChI=1S/C16H30O5/c1-2-3-4-5-6-7-8-9-10-20-14(11-17)16-15(19)13(18)12-21-16/h6-7,13-19H,2-5,8-12H2,1H3/b7-6+/t13-,14+,15+,16+/m1/s1. The summed E-state index contributed by atoms with van der Waals surface area (Å²) in [4.78, 5) is 0. The van der Waals surface area contributed by atoms with E-state index < -0.39 is 24.4 Å². The van der Waals surface area contributed by atoms with Crippen molar-refractivity contribution in [3.8, 4) is 0 Å². The predicted octanol–water partition coefficient (Wildman–Crippen LogP) is 1.40. The zero-order valence-electron chi connectivity index (χ0n) is 13.0. The van der Waals surface area contributed by atoms with Gasteiger partial charge in [-0.2, -0.15) is 0 Å². The van der Waals surface area contributed by atoms with E-state index in [1.54, 1.807) is 0 Å². The third-order valence-electron chi connectivity index (χ3n) is 3.72.